The highest BCUT2D eigenvalue weighted by atomic mass is 16.5. The van der Waals surface area contributed by atoms with Gasteiger partial charge in [-0.15, -0.1) is 0 Å². The van der Waals surface area contributed by atoms with Crippen LogP contribution in [0.2, 0.25) is 0 Å². The Balaban J connectivity index is 1.84. The molecule has 0 saturated carbocycles. The highest BCUT2D eigenvalue weighted by Crippen LogP contribution is 2.27. The van der Waals surface area contributed by atoms with Gasteiger partial charge in [0.2, 0.25) is 0 Å². The number of nitrogens with zero attached hydrogens (tertiary/aromatic N) is 1. The molecule has 1 aromatic carbocycles. The zero-order valence-corrected chi connectivity index (χ0v) is 14.6. The van der Waals surface area contributed by atoms with E-state index in [9.17, 15) is 4.79 Å². The van der Waals surface area contributed by atoms with Crippen LogP contribution < -0.4 is 10.1 Å². The Bertz CT molecular complexity index is 512. The van der Waals surface area contributed by atoms with Crippen LogP contribution >= 0.6 is 0 Å². The minimum Gasteiger partial charge on any atom is -0.494 e. The maximum Gasteiger partial charge on any atom is 0.317 e. The molecule has 1 aliphatic rings. The van der Waals surface area contributed by atoms with Gasteiger partial charge in [0.05, 0.1) is 25.9 Å². The average Bonchev–Trinajstić information content (AvgIpc) is 2.51. The van der Waals surface area contributed by atoms with Crippen LogP contribution in [0.4, 0.5) is 4.79 Å². The summed E-state index contributed by atoms with van der Waals surface area (Å²) in [5, 5.41) is 3.03. The molecule has 1 N–H and O–H groups in total. The van der Waals surface area contributed by atoms with Crippen LogP contribution in [-0.2, 0) is 4.74 Å². The minimum absolute atomic E-state index is 0.0457. The van der Waals surface area contributed by atoms with E-state index in [1.807, 2.05) is 38.2 Å². The van der Waals surface area contributed by atoms with Crippen molar-refractivity contribution in [1.82, 2.24) is 10.2 Å². The molecular weight excluding hydrogens is 292 g/mol. The number of nitrogens with one attached hydrogen (secondary N) is 1. The summed E-state index contributed by atoms with van der Waals surface area (Å²) in [5.74, 6) is 0.865. The van der Waals surface area contributed by atoms with E-state index < -0.39 is 0 Å². The van der Waals surface area contributed by atoms with Crippen molar-refractivity contribution in [3.63, 3.8) is 0 Å². The molecule has 0 aliphatic carbocycles. The van der Waals surface area contributed by atoms with E-state index >= 15 is 0 Å². The molecule has 23 heavy (non-hydrogen) atoms. The lowest BCUT2D eigenvalue weighted by Crippen LogP contribution is -2.51. The van der Waals surface area contributed by atoms with Gasteiger partial charge in [0.15, 0.2) is 0 Å². The van der Waals surface area contributed by atoms with Crippen LogP contribution in [0.15, 0.2) is 24.3 Å². The first kappa shape index (κ1) is 17.6. The molecule has 128 valence electrons. The Labute approximate surface area is 139 Å². The molecule has 1 heterocycles. The lowest BCUT2D eigenvalue weighted by molar-refractivity contribution is -0.108. The Morgan fingerprint density at radius 2 is 2.04 bits per heavy atom. The van der Waals surface area contributed by atoms with Crippen molar-refractivity contribution in [2.75, 3.05) is 33.4 Å². The molecule has 2 rings (SSSR count). The zero-order chi connectivity index (χ0) is 16.9. The fourth-order valence-corrected chi connectivity index (χ4v) is 2.64. The number of rotatable bonds is 7. The molecule has 1 unspecified atom stereocenters. The van der Waals surface area contributed by atoms with Crippen LogP contribution in [0.3, 0.4) is 0 Å². The summed E-state index contributed by atoms with van der Waals surface area (Å²) in [7, 11) is 1.83. The first-order valence-electron chi connectivity index (χ1n) is 8.26. The third-order valence-electron chi connectivity index (χ3n) is 4.06. The maximum atomic E-state index is 12.3. The molecule has 1 atom stereocenters. The Kier molecular flexibility index (Phi) is 5.88. The predicted octanol–water partition coefficient (Wildman–Crippen LogP) is 3.21. The Hall–Kier alpha value is -1.75. The van der Waals surface area contributed by atoms with E-state index in [1.165, 1.54) is 0 Å². The number of benzene rings is 1. The predicted molar refractivity (Wildman–Crippen MR) is 90.7 cm³/mol. The van der Waals surface area contributed by atoms with Crippen molar-refractivity contribution < 1.29 is 14.3 Å². The highest BCUT2D eigenvalue weighted by Gasteiger charge is 2.35. The number of hydrogen-bond donors (Lipinski definition) is 1. The molecule has 1 aliphatic heterocycles. The number of amides is 2. The fourth-order valence-electron chi connectivity index (χ4n) is 2.64. The molecular formula is C18H28N2O3. The Morgan fingerprint density at radius 1 is 1.39 bits per heavy atom. The van der Waals surface area contributed by atoms with Crippen LogP contribution in [0.1, 0.15) is 38.8 Å². The first-order valence-corrected chi connectivity index (χ1v) is 8.26. The number of carbonyl (C=O) groups is 1. The molecule has 1 aromatic rings. The lowest BCUT2D eigenvalue weighted by atomic mass is 9.88. The van der Waals surface area contributed by atoms with Crippen molar-refractivity contribution >= 4 is 6.03 Å². The molecule has 0 aromatic heterocycles. The van der Waals surface area contributed by atoms with Crippen molar-refractivity contribution in [3.05, 3.63) is 29.8 Å². The zero-order valence-electron chi connectivity index (χ0n) is 14.6. The Morgan fingerprint density at radius 3 is 2.57 bits per heavy atom. The molecule has 5 heteroatoms. The van der Waals surface area contributed by atoms with Gasteiger partial charge >= 0.3 is 6.03 Å². The van der Waals surface area contributed by atoms with Gasteiger partial charge in [-0.05, 0) is 31.0 Å². The van der Waals surface area contributed by atoms with Crippen molar-refractivity contribution in [3.8, 4) is 5.75 Å². The van der Waals surface area contributed by atoms with Gasteiger partial charge in [-0.3, -0.25) is 0 Å². The van der Waals surface area contributed by atoms with E-state index in [1.54, 1.807) is 4.90 Å². The van der Waals surface area contributed by atoms with Crippen molar-refractivity contribution in [2.24, 2.45) is 5.41 Å². The summed E-state index contributed by atoms with van der Waals surface area (Å²) in [6, 6.07) is 7.79. The summed E-state index contributed by atoms with van der Waals surface area (Å²) in [6.45, 7) is 9.08. The quantitative estimate of drug-likeness (QED) is 0.839. The highest BCUT2D eigenvalue weighted by molar-refractivity contribution is 5.74. The third-order valence-corrected chi connectivity index (χ3v) is 4.06. The second-order valence-electron chi connectivity index (χ2n) is 6.75. The van der Waals surface area contributed by atoms with Crippen LogP contribution in [0.25, 0.3) is 0 Å². The second kappa shape index (κ2) is 7.68. The van der Waals surface area contributed by atoms with Crippen LogP contribution in [0.5, 0.6) is 5.75 Å². The molecule has 2 amide bonds. The normalized spacial score (nSPS) is 17.0. The van der Waals surface area contributed by atoms with E-state index in [0.717, 1.165) is 37.6 Å². The lowest BCUT2D eigenvalue weighted by Gasteiger charge is -2.40. The average molecular weight is 320 g/mol. The number of ether oxygens (including phenoxy) is 2. The SMILES string of the molecule is CCCOc1ccc(C(C)NC(=O)N(C)CC2(C)COC2)cc1. The number of carbonyl (C=O) groups excluding carboxylic acids is 1. The van der Waals surface area contributed by atoms with E-state index in [2.05, 4.69) is 19.2 Å². The van der Waals surface area contributed by atoms with Gasteiger partial charge in [0.1, 0.15) is 5.75 Å². The van der Waals surface area contributed by atoms with Gasteiger partial charge in [-0.25, -0.2) is 4.79 Å². The summed E-state index contributed by atoms with van der Waals surface area (Å²) < 4.78 is 10.8. The van der Waals surface area contributed by atoms with Gasteiger partial charge in [-0.2, -0.15) is 0 Å². The van der Waals surface area contributed by atoms with Gasteiger partial charge < -0.3 is 19.7 Å². The van der Waals surface area contributed by atoms with Crippen molar-refractivity contribution in [1.29, 1.82) is 0 Å². The summed E-state index contributed by atoms with van der Waals surface area (Å²) in [6.07, 6.45) is 0.991. The topological polar surface area (TPSA) is 50.8 Å². The summed E-state index contributed by atoms with van der Waals surface area (Å²) in [5.41, 5.74) is 1.15. The van der Waals surface area contributed by atoms with Gasteiger partial charge in [0.25, 0.3) is 0 Å². The van der Waals surface area contributed by atoms with Crippen LogP contribution in [-0.4, -0.2) is 44.3 Å². The largest absolute Gasteiger partial charge is 0.494 e. The first-order chi connectivity index (χ1) is 10.9. The molecule has 0 bridgehead atoms. The monoisotopic (exact) mass is 320 g/mol. The van der Waals surface area contributed by atoms with Gasteiger partial charge in [-0.1, -0.05) is 26.0 Å². The third kappa shape index (κ3) is 4.86. The van der Waals surface area contributed by atoms with E-state index in [4.69, 9.17) is 9.47 Å². The fraction of sp³-hybridized carbons (Fsp3) is 0.611. The second-order valence-corrected chi connectivity index (χ2v) is 6.75. The maximum absolute atomic E-state index is 12.3. The molecule has 0 spiro atoms. The number of hydrogen-bond acceptors (Lipinski definition) is 3. The van der Waals surface area contributed by atoms with Gasteiger partial charge in [0, 0.05) is 19.0 Å². The molecule has 1 saturated heterocycles. The minimum atomic E-state index is -0.0584. The molecule has 1 fully saturated rings. The number of urea groups is 1. The summed E-state index contributed by atoms with van der Waals surface area (Å²) in [4.78, 5) is 14.0. The van der Waals surface area contributed by atoms with E-state index in [-0.39, 0.29) is 17.5 Å². The molecule has 5 nitrogen and oxygen atoms in total. The summed E-state index contributed by atoms with van der Waals surface area (Å²) >= 11 is 0. The van der Waals surface area contributed by atoms with Crippen LogP contribution in [0, 0.1) is 5.41 Å². The van der Waals surface area contributed by atoms with E-state index in [0.29, 0.717) is 6.54 Å². The molecule has 0 radical (unpaired) electrons. The van der Waals surface area contributed by atoms with Crippen molar-refractivity contribution in [2.45, 2.75) is 33.2 Å². The smallest absolute Gasteiger partial charge is 0.317 e. The standard InChI is InChI=1S/C18H28N2O3/c1-5-10-23-16-8-6-15(7-9-16)14(2)19-17(21)20(4)11-18(3)12-22-13-18/h6-9,14H,5,10-13H2,1-4H3,(H,19,21).